The van der Waals surface area contributed by atoms with Crippen molar-refractivity contribution in [3.8, 4) is 0 Å². The van der Waals surface area contributed by atoms with Gasteiger partial charge < -0.3 is 10.1 Å². The highest BCUT2D eigenvalue weighted by atomic mass is 35.5. The van der Waals surface area contributed by atoms with Crippen LogP contribution in [0.1, 0.15) is 40.0 Å². The van der Waals surface area contributed by atoms with Crippen molar-refractivity contribution in [2.45, 2.75) is 52.2 Å². The molecule has 1 amide bonds. The third kappa shape index (κ3) is 4.84. The topological polar surface area (TPSA) is 38.3 Å². The molecule has 1 rings (SSSR count). The number of ether oxygens (including phenoxy) is 1. The van der Waals surface area contributed by atoms with Gasteiger partial charge in [0.25, 0.3) is 0 Å². The minimum Gasteiger partial charge on any atom is -0.378 e. The molecular formula is C13H24ClNO2. The van der Waals surface area contributed by atoms with E-state index in [-0.39, 0.29) is 11.9 Å². The molecule has 0 bridgehead atoms. The molecule has 1 fully saturated rings. The highest BCUT2D eigenvalue weighted by molar-refractivity contribution is 6.18. The van der Waals surface area contributed by atoms with E-state index in [4.69, 9.17) is 16.3 Å². The van der Waals surface area contributed by atoms with Crippen LogP contribution in [0.4, 0.5) is 0 Å². The molecule has 4 heteroatoms. The second-order valence-corrected chi connectivity index (χ2v) is 5.42. The minimum atomic E-state index is 0.148. The number of amides is 1. The van der Waals surface area contributed by atoms with Gasteiger partial charge in [0.15, 0.2) is 0 Å². The lowest BCUT2D eigenvalue weighted by molar-refractivity contribution is -0.125. The van der Waals surface area contributed by atoms with Crippen LogP contribution in [0.5, 0.6) is 0 Å². The van der Waals surface area contributed by atoms with Crippen molar-refractivity contribution in [3.05, 3.63) is 0 Å². The van der Waals surface area contributed by atoms with Crippen LogP contribution in [0.3, 0.4) is 0 Å². The number of rotatable bonds is 7. The lowest BCUT2D eigenvalue weighted by atomic mass is 9.80. The highest BCUT2D eigenvalue weighted by Crippen LogP contribution is 2.32. The quantitative estimate of drug-likeness (QED) is 0.716. The van der Waals surface area contributed by atoms with E-state index in [2.05, 4.69) is 5.32 Å². The Labute approximate surface area is 109 Å². The fourth-order valence-electron chi connectivity index (χ4n) is 2.06. The van der Waals surface area contributed by atoms with Gasteiger partial charge in [-0.3, -0.25) is 4.79 Å². The fraction of sp³-hybridized carbons (Fsp3) is 0.923. The highest BCUT2D eigenvalue weighted by Gasteiger charge is 2.31. The Morgan fingerprint density at radius 2 is 2.12 bits per heavy atom. The van der Waals surface area contributed by atoms with Crippen LogP contribution >= 0.6 is 11.6 Å². The Morgan fingerprint density at radius 1 is 1.47 bits per heavy atom. The summed E-state index contributed by atoms with van der Waals surface area (Å²) in [5, 5.41) is 3.01. The van der Waals surface area contributed by atoms with E-state index < -0.39 is 0 Å². The number of hydrogen-bond donors (Lipinski definition) is 1. The summed E-state index contributed by atoms with van der Waals surface area (Å²) in [6.07, 6.45) is 3.07. The van der Waals surface area contributed by atoms with E-state index in [0.29, 0.717) is 30.2 Å². The molecule has 100 valence electrons. The SMILES string of the molecule is CCOC1CC(CC(=O)NC(C)C(C)CCl)C1. The van der Waals surface area contributed by atoms with Crippen LogP contribution in [0.25, 0.3) is 0 Å². The molecule has 1 N–H and O–H groups in total. The predicted octanol–water partition coefficient (Wildman–Crippen LogP) is 2.57. The molecule has 1 saturated carbocycles. The first kappa shape index (κ1) is 14.8. The number of halogens is 1. The van der Waals surface area contributed by atoms with Crippen molar-refractivity contribution in [1.82, 2.24) is 5.32 Å². The van der Waals surface area contributed by atoms with Gasteiger partial charge in [-0.2, -0.15) is 0 Å². The Hall–Kier alpha value is -0.280. The van der Waals surface area contributed by atoms with Crippen LogP contribution in [0.2, 0.25) is 0 Å². The average molecular weight is 262 g/mol. The zero-order valence-electron chi connectivity index (χ0n) is 11.0. The minimum absolute atomic E-state index is 0.148. The second kappa shape index (κ2) is 7.22. The van der Waals surface area contributed by atoms with E-state index in [1.54, 1.807) is 0 Å². The van der Waals surface area contributed by atoms with E-state index in [1.165, 1.54) is 0 Å². The summed E-state index contributed by atoms with van der Waals surface area (Å²) in [6.45, 7) is 6.84. The standard InChI is InChI=1S/C13H24ClNO2/c1-4-17-12-5-11(6-12)7-13(16)15-10(3)9(2)8-14/h9-12H,4-8H2,1-3H3,(H,15,16). The summed E-state index contributed by atoms with van der Waals surface area (Å²) in [5.74, 6) is 1.55. The smallest absolute Gasteiger partial charge is 0.220 e. The Bertz CT molecular complexity index is 242. The van der Waals surface area contributed by atoms with Crippen molar-refractivity contribution < 1.29 is 9.53 Å². The molecule has 2 atom stereocenters. The van der Waals surface area contributed by atoms with E-state index >= 15 is 0 Å². The largest absolute Gasteiger partial charge is 0.378 e. The average Bonchev–Trinajstić information content (AvgIpc) is 2.25. The van der Waals surface area contributed by atoms with Crippen LogP contribution in [0.15, 0.2) is 0 Å². The van der Waals surface area contributed by atoms with Gasteiger partial charge in [-0.25, -0.2) is 0 Å². The Balaban J connectivity index is 2.14. The van der Waals surface area contributed by atoms with Gasteiger partial charge in [0, 0.05) is 24.9 Å². The van der Waals surface area contributed by atoms with Crippen molar-refractivity contribution >= 4 is 17.5 Å². The zero-order chi connectivity index (χ0) is 12.8. The lowest BCUT2D eigenvalue weighted by Crippen LogP contribution is -2.41. The summed E-state index contributed by atoms with van der Waals surface area (Å²) in [4.78, 5) is 11.7. The maximum absolute atomic E-state index is 11.7. The molecule has 0 saturated heterocycles. The van der Waals surface area contributed by atoms with E-state index in [0.717, 1.165) is 19.4 Å². The normalized spacial score (nSPS) is 27.1. The van der Waals surface area contributed by atoms with Gasteiger partial charge >= 0.3 is 0 Å². The van der Waals surface area contributed by atoms with Gasteiger partial charge in [-0.15, -0.1) is 11.6 Å². The number of carbonyl (C=O) groups is 1. The summed E-state index contributed by atoms with van der Waals surface area (Å²) < 4.78 is 5.48. The molecule has 1 aliphatic carbocycles. The first-order valence-corrected chi connectivity index (χ1v) is 7.07. The van der Waals surface area contributed by atoms with Gasteiger partial charge in [0.05, 0.1) is 6.10 Å². The molecule has 0 aliphatic heterocycles. The Kier molecular flexibility index (Phi) is 6.28. The molecule has 0 spiro atoms. The maximum atomic E-state index is 11.7. The van der Waals surface area contributed by atoms with Crippen LogP contribution < -0.4 is 5.32 Å². The van der Waals surface area contributed by atoms with Gasteiger partial charge in [-0.05, 0) is 38.5 Å². The molecule has 2 unspecified atom stereocenters. The molecule has 0 aromatic heterocycles. The van der Waals surface area contributed by atoms with Gasteiger partial charge in [-0.1, -0.05) is 6.92 Å². The molecule has 3 nitrogen and oxygen atoms in total. The number of hydrogen-bond acceptors (Lipinski definition) is 2. The molecule has 0 radical (unpaired) electrons. The molecule has 0 heterocycles. The summed E-state index contributed by atoms with van der Waals surface area (Å²) >= 11 is 5.76. The van der Waals surface area contributed by atoms with Crippen LogP contribution in [-0.2, 0) is 9.53 Å². The van der Waals surface area contributed by atoms with Crippen molar-refractivity contribution in [1.29, 1.82) is 0 Å². The van der Waals surface area contributed by atoms with Crippen molar-refractivity contribution in [2.75, 3.05) is 12.5 Å². The number of nitrogens with one attached hydrogen (secondary N) is 1. The van der Waals surface area contributed by atoms with E-state index in [9.17, 15) is 4.79 Å². The predicted molar refractivity (Wildman–Crippen MR) is 70.2 cm³/mol. The third-order valence-corrected chi connectivity index (χ3v) is 4.04. The first-order chi connectivity index (χ1) is 8.06. The first-order valence-electron chi connectivity index (χ1n) is 6.53. The molecular weight excluding hydrogens is 238 g/mol. The van der Waals surface area contributed by atoms with Gasteiger partial charge in [0.1, 0.15) is 0 Å². The Morgan fingerprint density at radius 3 is 2.65 bits per heavy atom. The summed E-state index contributed by atoms with van der Waals surface area (Å²) in [7, 11) is 0. The summed E-state index contributed by atoms with van der Waals surface area (Å²) in [5.41, 5.74) is 0. The van der Waals surface area contributed by atoms with Crippen LogP contribution in [0, 0.1) is 11.8 Å². The maximum Gasteiger partial charge on any atom is 0.220 e. The zero-order valence-corrected chi connectivity index (χ0v) is 11.8. The van der Waals surface area contributed by atoms with Crippen LogP contribution in [-0.4, -0.2) is 30.5 Å². The number of alkyl halides is 1. The fourth-order valence-corrected chi connectivity index (χ4v) is 2.33. The van der Waals surface area contributed by atoms with Gasteiger partial charge in [0.2, 0.25) is 5.91 Å². The molecule has 0 aromatic rings. The van der Waals surface area contributed by atoms with E-state index in [1.807, 2.05) is 20.8 Å². The van der Waals surface area contributed by atoms with Crippen molar-refractivity contribution in [3.63, 3.8) is 0 Å². The number of carbonyl (C=O) groups excluding carboxylic acids is 1. The van der Waals surface area contributed by atoms with Crippen molar-refractivity contribution in [2.24, 2.45) is 11.8 Å². The molecule has 17 heavy (non-hydrogen) atoms. The second-order valence-electron chi connectivity index (χ2n) is 5.11. The molecule has 0 aromatic carbocycles. The monoisotopic (exact) mass is 261 g/mol. The third-order valence-electron chi connectivity index (χ3n) is 3.55. The summed E-state index contributed by atoms with van der Waals surface area (Å²) in [6, 6.07) is 0.155. The lowest BCUT2D eigenvalue weighted by Gasteiger charge is -2.34. The molecule has 1 aliphatic rings.